The van der Waals surface area contributed by atoms with Gasteiger partial charge < -0.3 is 16.2 Å². The Labute approximate surface area is 221 Å². The summed E-state index contributed by atoms with van der Waals surface area (Å²) >= 11 is 0. The smallest absolute Gasteiger partial charge is 0.244 e. The van der Waals surface area contributed by atoms with Gasteiger partial charge in [-0.15, -0.1) is 5.10 Å². The Hall–Kier alpha value is -3.67. The number of nitrogens with one attached hydrogen (secondary N) is 1. The van der Waals surface area contributed by atoms with Crippen molar-refractivity contribution in [3.8, 4) is 17.1 Å². The first-order valence-electron chi connectivity index (χ1n) is 12.6. The largest absolute Gasteiger partial charge is 0.493 e. The predicted molar refractivity (Wildman–Crippen MR) is 145 cm³/mol. The lowest BCUT2D eigenvalue weighted by molar-refractivity contribution is -0.122. The minimum Gasteiger partial charge on any atom is -0.493 e. The average Bonchev–Trinajstić information content (AvgIpc) is 3.23. The van der Waals surface area contributed by atoms with Crippen LogP contribution in [0.5, 0.6) is 5.88 Å². The molecule has 0 amide bonds. The van der Waals surface area contributed by atoms with Gasteiger partial charge in [-0.1, -0.05) is 20.8 Å². The molecule has 3 aromatic heterocycles. The number of carbonyl (C=O) groups is 1. The molecule has 0 aliphatic carbocycles. The summed E-state index contributed by atoms with van der Waals surface area (Å²) in [6.07, 6.45) is 0.345. The number of hydrogen-bond acceptors (Lipinski definition) is 9. The van der Waals surface area contributed by atoms with Crippen molar-refractivity contribution in [1.29, 1.82) is 0 Å². The molecule has 2 unspecified atom stereocenters. The van der Waals surface area contributed by atoms with Gasteiger partial charge in [0.25, 0.3) is 0 Å². The van der Waals surface area contributed by atoms with Crippen LogP contribution in [0.15, 0.2) is 23.2 Å². The minimum absolute atomic E-state index is 0.0278. The van der Waals surface area contributed by atoms with E-state index in [2.05, 4.69) is 29.2 Å². The minimum atomic E-state index is -2.12. The lowest BCUT2D eigenvalue weighted by Crippen LogP contribution is -2.64. The number of aryl methyl sites for hydroxylation is 1. The number of carbonyl (C=O) groups excluding carboxylic acids is 1. The number of hydrogen-bond donors (Lipinski definition) is 3. The molecule has 0 aromatic carbocycles. The van der Waals surface area contributed by atoms with Crippen molar-refractivity contribution in [2.24, 2.45) is 10.9 Å². The maximum absolute atomic E-state index is 11.6. The van der Waals surface area contributed by atoms with E-state index in [1.807, 2.05) is 37.9 Å². The van der Waals surface area contributed by atoms with Crippen LogP contribution in [0.4, 0.5) is 26.2 Å². The zero-order chi connectivity index (χ0) is 28.2. The lowest BCUT2D eigenvalue weighted by atomic mass is 9.97. The number of aldehydes is 1. The van der Waals surface area contributed by atoms with Gasteiger partial charge in [0.15, 0.2) is 17.8 Å². The number of halogens is 2. The number of alkyl halides is 2. The van der Waals surface area contributed by atoms with Gasteiger partial charge in [0.1, 0.15) is 5.52 Å². The van der Waals surface area contributed by atoms with Crippen LogP contribution in [0, 0.1) is 12.8 Å². The molecule has 10 nitrogen and oxygen atoms in total. The van der Waals surface area contributed by atoms with Crippen molar-refractivity contribution >= 4 is 35.0 Å². The van der Waals surface area contributed by atoms with Crippen molar-refractivity contribution in [3.63, 3.8) is 0 Å². The third-order valence-corrected chi connectivity index (χ3v) is 6.92. The van der Waals surface area contributed by atoms with Crippen LogP contribution in [0.1, 0.15) is 52.7 Å². The molecule has 3 aromatic rings. The molecule has 4 heterocycles. The SMILES string of the molecule is CCC(C)C(C)=Nc1ccc(-c2cc(O)n3nc(NC4(C=O)CCN4C)nc(N)c23)nc1C.CCC(F)F. The van der Waals surface area contributed by atoms with Gasteiger partial charge in [-0.25, -0.2) is 8.78 Å². The highest BCUT2D eigenvalue weighted by molar-refractivity contribution is 5.89. The van der Waals surface area contributed by atoms with Crippen molar-refractivity contribution in [2.75, 3.05) is 24.6 Å². The first-order chi connectivity index (χ1) is 18.0. The van der Waals surface area contributed by atoms with Crippen LogP contribution in [0.25, 0.3) is 16.8 Å². The number of likely N-dealkylation sites (N-methyl/N-ethyl adjacent to an activating group) is 1. The highest BCUT2D eigenvalue weighted by Gasteiger charge is 2.43. The summed E-state index contributed by atoms with van der Waals surface area (Å²) in [4.78, 5) is 27.3. The topological polar surface area (TPSA) is 134 Å². The van der Waals surface area contributed by atoms with E-state index in [0.717, 1.165) is 36.3 Å². The van der Waals surface area contributed by atoms with E-state index < -0.39 is 12.1 Å². The van der Waals surface area contributed by atoms with Gasteiger partial charge in [0.2, 0.25) is 18.3 Å². The summed E-state index contributed by atoms with van der Waals surface area (Å²) in [5, 5.41) is 18.0. The van der Waals surface area contributed by atoms with Crippen molar-refractivity contribution in [3.05, 3.63) is 23.9 Å². The Morgan fingerprint density at radius 3 is 2.50 bits per heavy atom. The second-order valence-corrected chi connectivity index (χ2v) is 9.50. The summed E-state index contributed by atoms with van der Waals surface area (Å²) in [5.74, 6) is 0.619. The summed E-state index contributed by atoms with van der Waals surface area (Å²) in [5.41, 5.74) is 9.73. The summed E-state index contributed by atoms with van der Waals surface area (Å²) < 4.78 is 22.8. The first kappa shape index (κ1) is 28.9. The molecule has 0 spiro atoms. The lowest BCUT2D eigenvalue weighted by Gasteiger charge is -2.46. The zero-order valence-electron chi connectivity index (χ0n) is 22.7. The van der Waals surface area contributed by atoms with E-state index in [4.69, 9.17) is 15.7 Å². The molecule has 1 aliphatic rings. The molecular weight excluding hydrogens is 494 g/mol. The molecule has 12 heteroatoms. The van der Waals surface area contributed by atoms with E-state index in [1.54, 1.807) is 6.07 Å². The molecule has 4 rings (SSSR count). The molecule has 1 fully saturated rings. The number of aromatic nitrogens is 4. The monoisotopic (exact) mass is 530 g/mol. The molecular formula is C26H36F2N8O2. The highest BCUT2D eigenvalue weighted by atomic mass is 19.3. The van der Waals surface area contributed by atoms with E-state index in [9.17, 15) is 18.7 Å². The van der Waals surface area contributed by atoms with Crippen molar-refractivity contribution < 1.29 is 18.7 Å². The number of aliphatic imine (C=N–C) groups is 1. The van der Waals surface area contributed by atoms with Crippen LogP contribution >= 0.6 is 0 Å². The normalized spacial score (nSPS) is 18.6. The number of anilines is 2. The number of rotatable bonds is 8. The quantitative estimate of drug-likeness (QED) is 0.279. The maximum Gasteiger partial charge on any atom is 0.244 e. The number of aromatic hydroxyl groups is 1. The average molecular weight is 531 g/mol. The summed E-state index contributed by atoms with van der Waals surface area (Å²) in [6.45, 7) is 10.5. The summed E-state index contributed by atoms with van der Waals surface area (Å²) in [6, 6.07) is 5.32. The molecule has 4 N–H and O–H groups in total. The van der Waals surface area contributed by atoms with Crippen LogP contribution in [-0.4, -0.2) is 67.3 Å². The van der Waals surface area contributed by atoms with Crippen molar-refractivity contribution in [2.45, 2.75) is 66.0 Å². The van der Waals surface area contributed by atoms with E-state index in [1.165, 1.54) is 11.4 Å². The standard InChI is InChI=1S/C23H30N8O2.C3H6F2/c1-6-13(2)14(3)25-17-7-8-18(26-15(17)4)16-11-19(33)31-20(16)21(24)27-22(29-31)28-23(12-32)9-10-30(23)5;1-2-3(4)5/h7-8,11-13,33H,6,9-10H2,1-5H3,(H3,24,27,28,29);3H,2H2,1H3. The molecule has 1 aliphatic heterocycles. The fourth-order valence-electron chi connectivity index (χ4n) is 3.89. The van der Waals surface area contributed by atoms with Gasteiger partial charge in [0.05, 0.1) is 17.1 Å². The third-order valence-electron chi connectivity index (χ3n) is 6.92. The van der Waals surface area contributed by atoms with Crippen LogP contribution in [0.2, 0.25) is 0 Å². The van der Waals surface area contributed by atoms with Crippen LogP contribution in [-0.2, 0) is 4.79 Å². The second kappa shape index (κ2) is 11.8. The second-order valence-electron chi connectivity index (χ2n) is 9.50. The van der Waals surface area contributed by atoms with Gasteiger partial charge in [0, 0.05) is 36.7 Å². The van der Waals surface area contributed by atoms with Gasteiger partial charge >= 0.3 is 0 Å². The summed E-state index contributed by atoms with van der Waals surface area (Å²) in [7, 11) is 1.84. The Morgan fingerprint density at radius 1 is 1.32 bits per heavy atom. The van der Waals surface area contributed by atoms with E-state index >= 15 is 0 Å². The van der Waals surface area contributed by atoms with E-state index in [-0.39, 0.29) is 24.1 Å². The molecule has 206 valence electrons. The van der Waals surface area contributed by atoms with Gasteiger partial charge in [-0.05, 0) is 45.4 Å². The number of nitrogens with two attached hydrogens (primary N) is 1. The molecule has 0 radical (unpaired) electrons. The Bertz CT molecular complexity index is 1330. The fourth-order valence-corrected chi connectivity index (χ4v) is 3.89. The number of nitrogen functional groups attached to an aromatic ring is 1. The number of nitrogens with zero attached hydrogens (tertiary/aromatic N) is 6. The molecule has 38 heavy (non-hydrogen) atoms. The first-order valence-corrected chi connectivity index (χ1v) is 12.6. The predicted octanol–water partition coefficient (Wildman–Crippen LogP) is 4.83. The number of fused-ring (bicyclic) bond motifs is 1. The number of likely N-dealkylation sites (tertiary alicyclic amines) is 1. The highest BCUT2D eigenvalue weighted by Crippen LogP contribution is 2.35. The molecule has 1 saturated heterocycles. The van der Waals surface area contributed by atoms with Crippen LogP contribution < -0.4 is 11.1 Å². The third kappa shape index (κ3) is 5.90. The van der Waals surface area contributed by atoms with E-state index in [0.29, 0.717) is 29.1 Å². The fraction of sp³-hybridized carbons (Fsp3) is 0.500. The Balaban J connectivity index is 0.000000732. The maximum atomic E-state index is 11.6. The van der Waals surface area contributed by atoms with Gasteiger partial charge in [-0.2, -0.15) is 9.50 Å². The van der Waals surface area contributed by atoms with Crippen molar-refractivity contribution in [1.82, 2.24) is 24.5 Å². The molecule has 0 bridgehead atoms. The zero-order valence-corrected chi connectivity index (χ0v) is 22.7. The molecule has 0 saturated carbocycles. The van der Waals surface area contributed by atoms with Gasteiger partial charge in [-0.3, -0.25) is 19.7 Å². The molecule has 2 atom stereocenters. The Morgan fingerprint density at radius 2 is 2.00 bits per heavy atom. The number of pyridine rings is 1. The Kier molecular flexibility index (Phi) is 8.97. The van der Waals surface area contributed by atoms with Crippen LogP contribution in [0.3, 0.4) is 0 Å².